The Morgan fingerprint density at radius 3 is 1.85 bits per heavy atom. The Morgan fingerprint density at radius 1 is 0.818 bits per heavy atom. The van der Waals surface area contributed by atoms with Crippen molar-refractivity contribution in [3.05, 3.63) is 107 Å². The normalized spacial score (nSPS) is 11.3. The number of hydrogen-bond acceptors (Lipinski definition) is 4. The quantitative estimate of drug-likeness (QED) is 0.508. The average Bonchev–Trinajstić information content (AvgIpc) is 2.83. The average molecular weight is 445 g/mol. The van der Waals surface area contributed by atoms with E-state index in [4.69, 9.17) is 4.74 Å². The standard InChI is InChI=1S/C27H28N2O4/c1-20-13-15-24(16-14-20)26(31)28-17-25(30)33-21(2)27(32)29(18-22-9-5-3-6-10-22)19-23-11-7-4-8-12-23/h3-16,21H,17-19H2,1-2H3,(H,28,31). The highest BCUT2D eigenvalue weighted by atomic mass is 16.5. The molecule has 2 amide bonds. The fourth-order valence-electron chi connectivity index (χ4n) is 3.33. The molecule has 3 aromatic carbocycles. The van der Waals surface area contributed by atoms with Crippen molar-refractivity contribution in [2.75, 3.05) is 6.54 Å². The van der Waals surface area contributed by atoms with E-state index in [1.165, 1.54) is 0 Å². The molecule has 1 unspecified atom stereocenters. The van der Waals surface area contributed by atoms with Crippen molar-refractivity contribution in [3.63, 3.8) is 0 Å². The Hall–Kier alpha value is -3.93. The maximum atomic E-state index is 13.1. The summed E-state index contributed by atoms with van der Waals surface area (Å²) >= 11 is 0. The van der Waals surface area contributed by atoms with Crippen LogP contribution >= 0.6 is 0 Å². The minimum atomic E-state index is -0.985. The molecule has 0 aromatic heterocycles. The first-order chi connectivity index (χ1) is 15.9. The summed E-state index contributed by atoms with van der Waals surface area (Å²) in [4.78, 5) is 39.3. The highest BCUT2D eigenvalue weighted by Crippen LogP contribution is 2.13. The molecule has 0 heterocycles. The zero-order valence-electron chi connectivity index (χ0n) is 18.9. The largest absolute Gasteiger partial charge is 0.451 e. The Morgan fingerprint density at radius 2 is 1.33 bits per heavy atom. The Bertz CT molecular complexity index is 1020. The van der Waals surface area contributed by atoms with Gasteiger partial charge >= 0.3 is 5.97 Å². The molecule has 0 radical (unpaired) electrons. The van der Waals surface area contributed by atoms with Gasteiger partial charge in [0, 0.05) is 18.7 Å². The lowest BCUT2D eigenvalue weighted by atomic mass is 10.1. The SMILES string of the molecule is Cc1ccc(C(=O)NCC(=O)OC(C)C(=O)N(Cc2ccccc2)Cc2ccccc2)cc1. The predicted molar refractivity (Wildman–Crippen MR) is 126 cm³/mol. The van der Waals surface area contributed by atoms with Gasteiger partial charge in [0.05, 0.1) is 0 Å². The lowest BCUT2D eigenvalue weighted by Crippen LogP contribution is -2.41. The first-order valence-electron chi connectivity index (χ1n) is 10.8. The number of aryl methyl sites for hydroxylation is 1. The molecule has 0 aliphatic rings. The lowest BCUT2D eigenvalue weighted by molar-refractivity contribution is -0.158. The first kappa shape index (κ1) is 23.7. The maximum absolute atomic E-state index is 13.1. The van der Waals surface area contributed by atoms with Crippen LogP contribution in [0.15, 0.2) is 84.9 Å². The van der Waals surface area contributed by atoms with Crippen molar-refractivity contribution in [2.45, 2.75) is 33.0 Å². The number of hydrogen-bond donors (Lipinski definition) is 1. The van der Waals surface area contributed by atoms with Crippen LogP contribution in [0.5, 0.6) is 0 Å². The van der Waals surface area contributed by atoms with E-state index in [9.17, 15) is 14.4 Å². The summed E-state index contributed by atoms with van der Waals surface area (Å²) in [5.74, 6) is -1.35. The number of benzene rings is 3. The summed E-state index contributed by atoms with van der Waals surface area (Å²) in [5, 5.41) is 2.53. The third-order valence-electron chi connectivity index (χ3n) is 5.11. The minimum absolute atomic E-state index is 0.305. The van der Waals surface area contributed by atoms with Crippen LogP contribution in [0, 0.1) is 6.92 Å². The smallest absolute Gasteiger partial charge is 0.326 e. The third-order valence-corrected chi connectivity index (χ3v) is 5.11. The van der Waals surface area contributed by atoms with E-state index in [1.807, 2.05) is 79.7 Å². The van der Waals surface area contributed by atoms with Crippen LogP contribution in [0.4, 0.5) is 0 Å². The number of carbonyl (C=O) groups is 3. The minimum Gasteiger partial charge on any atom is -0.451 e. The zero-order chi connectivity index (χ0) is 23.6. The molecule has 1 atom stereocenters. The molecule has 0 spiro atoms. The van der Waals surface area contributed by atoms with Crippen molar-refractivity contribution in [2.24, 2.45) is 0 Å². The van der Waals surface area contributed by atoms with Crippen LogP contribution in [-0.2, 0) is 27.4 Å². The number of amides is 2. The van der Waals surface area contributed by atoms with Gasteiger partial charge in [-0.15, -0.1) is 0 Å². The van der Waals surface area contributed by atoms with E-state index in [1.54, 1.807) is 24.0 Å². The molecular weight excluding hydrogens is 416 g/mol. The fraction of sp³-hybridized carbons (Fsp3) is 0.222. The molecule has 3 rings (SSSR count). The second kappa shape index (κ2) is 11.6. The highest BCUT2D eigenvalue weighted by Gasteiger charge is 2.24. The van der Waals surface area contributed by atoms with Gasteiger partial charge in [-0.25, -0.2) is 0 Å². The number of nitrogens with one attached hydrogen (secondary N) is 1. The first-order valence-corrected chi connectivity index (χ1v) is 10.8. The van der Waals surface area contributed by atoms with Crippen LogP contribution in [-0.4, -0.2) is 35.3 Å². The van der Waals surface area contributed by atoms with Crippen molar-refractivity contribution in [3.8, 4) is 0 Å². The van der Waals surface area contributed by atoms with Crippen LogP contribution in [0.1, 0.15) is 34.0 Å². The van der Waals surface area contributed by atoms with Gasteiger partial charge in [-0.05, 0) is 37.1 Å². The van der Waals surface area contributed by atoms with Crippen LogP contribution in [0.3, 0.4) is 0 Å². The van der Waals surface area contributed by atoms with Gasteiger partial charge in [-0.2, -0.15) is 0 Å². The molecule has 0 bridgehead atoms. The Labute approximate surface area is 194 Å². The zero-order valence-corrected chi connectivity index (χ0v) is 18.9. The van der Waals surface area contributed by atoms with Crippen LogP contribution in [0.25, 0.3) is 0 Å². The molecule has 1 N–H and O–H groups in total. The van der Waals surface area contributed by atoms with Gasteiger partial charge in [0.1, 0.15) is 6.54 Å². The molecule has 0 aliphatic heterocycles. The molecule has 170 valence electrons. The van der Waals surface area contributed by atoms with E-state index < -0.39 is 12.1 Å². The summed E-state index contributed by atoms with van der Waals surface area (Å²) in [7, 11) is 0. The van der Waals surface area contributed by atoms with Crippen molar-refractivity contribution in [1.82, 2.24) is 10.2 Å². The number of nitrogens with zero attached hydrogens (tertiary/aromatic N) is 1. The van der Waals surface area contributed by atoms with E-state index in [2.05, 4.69) is 5.32 Å². The van der Waals surface area contributed by atoms with Gasteiger partial charge in [0.25, 0.3) is 11.8 Å². The van der Waals surface area contributed by atoms with Gasteiger partial charge in [0.15, 0.2) is 6.10 Å². The monoisotopic (exact) mass is 444 g/mol. The van der Waals surface area contributed by atoms with Gasteiger partial charge < -0.3 is 15.0 Å². The lowest BCUT2D eigenvalue weighted by Gasteiger charge is -2.26. The van der Waals surface area contributed by atoms with Gasteiger partial charge in [0.2, 0.25) is 0 Å². The highest BCUT2D eigenvalue weighted by molar-refractivity contribution is 5.96. The molecule has 0 fully saturated rings. The van der Waals surface area contributed by atoms with Crippen LogP contribution < -0.4 is 5.32 Å². The molecule has 6 heteroatoms. The topological polar surface area (TPSA) is 75.7 Å². The number of esters is 1. The molecular formula is C27H28N2O4. The summed E-state index contributed by atoms with van der Waals surface area (Å²) in [6, 6.07) is 26.3. The summed E-state index contributed by atoms with van der Waals surface area (Å²) < 4.78 is 5.33. The van der Waals surface area contributed by atoms with E-state index >= 15 is 0 Å². The van der Waals surface area contributed by atoms with E-state index in [0.29, 0.717) is 18.7 Å². The molecule has 0 saturated carbocycles. The third kappa shape index (κ3) is 7.31. The van der Waals surface area contributed by atoms with Gasteiger partial charge in [-0.1, -0.05) is 78.4 Å². The maximum Gasteiger partial charge on any atom is 0.326 e. The predicted octanol–water partition coefficient (Wildman–Crippen LogP) is 3.89. The molecule has 0 saturated heterocycles. The fourth-order valence-corrected chi connectivity index (χ4v) is 3.33. The molecule has 6 nitrogen and oxygen atoms in total. The summed E-state index contributed by atoms with van der Waals surface area (Å²) in [6.07, 6.45) is -0.985. The second-order valence-electron chi connectivity index (χ2n) is 7.85. The Kier molecular flexibility index (Phi) is 8.36. The molecule has 3 aromatic rings. The summed E-state index contributed by atoms with van der Waals surface area (Å²) in [6.45, 7) is 3.93. The number of rotatable bonds is 9. The van der Waals surface area contributed by atoms with E-state index in [0.717, 1.165) is 16.7 Å². The Balaban J connectivity index is 1.59. The van der Waals surface area contributed by atoms with Crippen molar-refractivity contribution in [1.29, 1.82) is 0 Å². The van der Waals surface area contributed by atoms with Gasteiger partial charge in [-0.3, -0.25) is 14.4 Å². The molecule has 0 aliphatic carbocycles. The van der Waals surface area contributed by atoms with E-state index in [-0.39, 0.29) is 18.4 Å². The second-order valence-corrected chi connectivity index (χ2v) is 7.85. The number of ether oxygens (including phenoxy) is 1. The van der Waals surface area contributed by atoms with Crippen LogP contribution in [0.2, 0.25) is 0 Å². The van der Waals surface area contributed by atoms with Crippen molar-refractivity contribution >= 4 is 17.8 Å². The van der Waals surface area contributed by atoms with Crippen molar-refractivity contribution < 1.29 is 19.1 Å². The number of carbonyl (C=O) groups excluding carboxylic acids is 3. The molecule has 33 heavy (non-hydrogen) atoms. The summed E-state index contributed by atoms with van der Waals surface area (Å²) in [5.41, 5.74) is 3.44.